The van der Waals surface area contributed by atoms with E-state index in [1.165, 1.54) is 14.2 Å². The summed E-state index contributed by atoms with van der Waals surface area (Å²) < 4.78 is 9.73. The largest absolute Gasteiger partial charge is 0.468 e. The third kappa shape index (κ3) is 5.25. The van der Waals surface area contributed by atoms with E-state index in [2.05, 4.69) is 5.73 Å². The Balaban J connectivity index is 3.09. The predicted octanol–water partition coefficient (Wildman–Crippen LogP) is 3.93. The third-order valence-electron chi connectivity index (χ3n) is 3.62. The number of rotatable bonds is 8. The van der Waals surface area contributed by atoms with Crippen LogP contribution >= 0.6 is 0 Å². The molecule has 0 amide bonds. The van der Waals surface area contributed by atoms with Crippen molar-refractivity contribution in [3.63, 3.8) is 0 Å². The van der Waals surface area contributed by atoms with Crippen LogP contribution in [0.2, 0.25) is 0 Å². The average Bonchev–Trinajstić information content (AvgIpc) is 2.63. The van der Waals surface area contributed by atoms with Gasteiger partial charge in [0, 0.05) is 0 Å². The van der Waals surface area contributed by atoms with Gasteiger partial charge >= 0.3 is 11.9 Å². The molecule has 0 unspecified atom stereocenters. The summed E-state index contributed by atoms with van der Waals surface area (Å²) in [5.41, 5.74) is 2.56. The lowest BCUT2D eigenvalue weighted by Gasteiger charge is -2.25. The van der Waals surface area contributed by atoms with E-state index in [1.807, 2.05) is 49.4 Å². The average molecular weight is 328 g/mol. The monoisotopic (exact) mass is 328 g/mol. The summed E-state index contributed by atoms with van der Waals surface area (Å²) in [6, 6.07) is 9.66. The van der Waals surface area contributed by atoms with Crippen molar-refractivity contribution in [1.82, 2.24) is 0 Å². The summed E-state index contributed by atoms with van der Waals surface area (Å²) in [6.45, 7) is 1.98. The van der Waals surface area contributed by atoms with E-state index in [-0.39, 0.29) is 12.8 Å². The zero-order valence-electron chi connectivity index (χ0n) is 14.5. The van der Waals surface area contributed by atoms with Crippen molar-refractivity contribution in [3.05, 3.63) is 59.9 Å². The Kier molecular flexibility index (Phi) is 8.31. The number of carbonyl (C=O) groups excluding carboxylic acids is 2. The highest BCUT2D eigenvalue weighted by Gasteiger charge is 2.46. The van der Waals surface area contributed by atoms with Crippen LogP contribution < -0.4 is 0 Å². The number of hydrogen-bond donors (Lipinski definition) is 0. The van der Waals surface area contributed by atoms with Crippen molar-refractivity contribution < 1.29 is 19.1 Å². The van der Waals surface area contributed by atoms with Gasteiger partial charge in [0.1, 0.15) is 0 Å². The fourth-order valence-corrected chi connectivity index (χ4v) is 2.29. The van der Waals surface area contributed by atoms with Crippen LogP contribution in [0.5, 0.6) is 0 Å². The molecule has 0 heterocycles. The topological polar surface area (TPSA) is 52.6 Å². The second kappa shape index (κ2) is 10.2. The zero-order valence-corrected chi connectivity index (χ0v) is 14.5. The molecule has 128 valence electrons. The molecule has 0 radical (unpaired) electrons. The Morgan fingerprint density at radius 3 is 2.21 bits per heavy atom. The predicted molar refractivity (Wildman–Crippen MR) is 94.1 cm³/mol. The highest BCUT2D eigenvalue weighted by Crippen LogP contribution is 2.31. The lowest BCUT2D eigenvalue weighted by Crippen LogP contribution is -2.40. The van der Waals surface area contributed by atoms with Crippen molar-refractivity contribution >= 4 is 18.0 Å². The van der Waals surface area contributed by atoms with Gasteiger partial charge in [0.15, 0.2) is 5.41 Å². The highest BCUT2D eigenvalue weighted by atomic mass is 16.5. The third-order valence-corrected chi connectivity index (χ3v) is 3.62. The summed E-state index contributed by atoms with van der Waals surface area (Å²) in [7, 11) is 2.54. The number of methoxy groups -OCH3 is 2. The second-order valence-electron chi connectivity index (χ2n) is 5.27. The number of allylic oxidation sites excluding steroid dienone is 2. The van der Waals surface area contributed by atoms with Crippen LogP contribution in [-0.4, -0.2) is 26.2 Å². The maximum Gasteiger partial charge on any atom is 0.323 e. The molecular weight excluding hydrogens is 304 g/mol. The first kappa shape index (κ1) is 19.5. The van der Waals surface area contributed by atoms with Gasteiger partial charge in [-0.15, -0.1) is 5.73 Å². The molecule has 0 aliphatic heterocycles. The molecule has 0 N–H and O–H groups in total. The van der Waals surface area contributed by atoms with Crippen molar-refractivity contribution in [2.75, 3.05) is 14.2 Å². The van der Waals surface area contributed by atoms with E-state index in [0.29, 0.717) is 0 Å². The smallest absolute Gasteiger partial charge is 0.323 e. The van der Waals surface area contributed by atoms with E-state index in [0.717, 1.165) is 12.0 Å². The first-order valence-electron chi connectivity index (χ1n) is 7.88. The quantitative estimate of drug-likeness (QED) is 0.412. The highest BCUT2D eigenvalue weighted by molar-refractivity contribution is 6.00. The molecule has 0 aromatic heterocycles. The van der Waals surface area contributed by atoms with Crippen LogP contribution in [0, 0.1) is 5.41 Å². The lowest BCUT2D eigenvalue weighted by molar-refractivity contribution is -0.168. The number of carbonyl (C=O) groups is 2. The van der Waals surface area contributed by atoms with Gasteiger partial charge in [-0.05, 0) is 37.0 Å². The molecule has 1 rings (SSSR count). The van der Waals surface area contributed by atoms with Crippen LogP contribution in [0.15, 0.2) is 54.3 Å². The first-order chi connectivity index (χ1) is 11.6. The summed E-state index contributed by atoms with van der Waals surface area (Å²) in [4.78, 5) is 24.7. The molecule has 0 spiro atoms. The standard InChI is InChI=1S/C20H24O4/c1-4-5-6-10-15-20(18(21)23-2,19(22)24-3)16-11-14-17-12-8-7-9-13-17/h5,7-14H,4,15-16H2,1-3H3/b14-11+. The number of hydrogen-bond acceptors (Lipinski definition) is 4. The number of esters is 2. The molecule has 1 aromatic rings. The fourth-order valence-electron chi connectivity index (χ4n) is 2.29. The molecule has 0 bridgehead atoms. The van der Waals surface area contributed by atoms with E-state index < -0.39 is 17.4 Å². The van der Waals surface area contributed by atoms with E-state index in [9.17, 15) is 9.59 Å². The maximum atomic E-state index is 12.3. The van der Waals surface area contributed by atoms with E-state index in [1.54, 1.807) is 12.2 Å². The molecule has 4 nitrogen and oxygen atoms in total. The minimum absolute atomic E-state index is 0.169. The summed E-state index contributed by atoms with van der Waals surface area (Å²) in [5, 5.41) is 0. The molecule has 0 aliphatic carbocycles. The normalized spacial score (nSPS) is 10.8. The van der Waals surface area contributed by atoms with Gasteiger partial charge in [-0.1, -0.05) is 49.4 Å². The van der Waals surface area contributed by atoms with Gasteiger partial charge in [-0.3, -0.25) is 9.59 Å². The molecule has 4 heteroatoms. The summed E-state index contributed by atoms with van der Waals surface area (Å²) >= 11 is 0. The van der Waals surface area contributed by atoms with Crippen molar-refractivity contribution in [3.8, 4) is 0 Å². The summed E-state index contributed by atoms with van der Waals surface area (Å²) in [6.07, 6.45) is 8.35. The maximum absolute atomic E-state index is 12.3. The van der Waals surface area contributed by atoms with Crippen LogP contribution in [0.25, 0.3) is 6.08 Å². The van der Waals surface area contributed by atoms with E-state index >= 15 is 0 Å². The van der Waals surface area contributed by atoms with Crippen molar-refractivity contribution in [2.24, 2.45) is 5.41 Å². The minimum Gasteiger partial charge on any atom is -0.468 e. The Morgan fingerprint density at radius 2 is 1.67 bits per heavy atom. The van der Waals surface area contributed by atoms with Crippen LogP contribution in [0.3, 0.4) is 0 Å². The van der Waals surface area contributed by atoms with Crippen LogP contribution in [0.1, 0.15) is 31.7 Å². The number of benzene rings is 1. The Bertz CT molecular complexity index is 606. The molecule has 1 aromatic carbocycles. The van der Waals surface area contributed by atoms with Gasteiger partial charge in [0.2, 0.25) is 0 Å². The lowest BCUT2D eigenvalue weighted by atomic mass is 9.80. The molecule has 0 aliphatic rings. The molecule has 24 heavy (non-hydrogen) atoms. The molecule has 0 saturated carbocycles. The minimum atomic E-state index is -1.40. The van der Waals surface area contributed by atoms with Crippen molar-refractivity contribution in [2.45, 2.75) is 26.2 Å². The molecule has 0 saturated heterocycles. The first-order valence-corrected chi connectivity index (χ1v) is 7.88. The van der Waals surface area contributed by atoms with Crippen LogP contribution in [0.4, 0.5) is 0 Å². The Morgan fingerprint density at radius 1 is 1.04 bits per heavy atom. The van der Waals surface area contributed by atoms with Crippen LogP contribution in [-0.2, 0) is 19.1 Å². The van der Waals surface area contributed by atoms with Gasteiger partial charge in [0.25, 0.3) is 0 Å². The van der Waals surface area contributed by atoms with Gasteiger partial charge in [0.05, 0.1) is 14.2 Å². The zero-order chi connectivity index (χ0) is 17.8. The Labute approximate surface area is 143 Å². The van der Waals surface area contributed by atoms with Gasteiger partial charge in [-0.2, -0.15) is 0 Å². The summed E-state index contributed by atoms with van der Waals surface area (Å²) in [5.74, 6) is -1.22. The van der Waals surface area contributed by atoms with Gasteiger partial charge < -0.3 is 9.47 Å². The van der Waals surface area contributed by atoms with E-state index in [4.69, 9.17) is 9.47 Å². The Hall–Kier alpha value is -2.58. The molecule has 0 atom stereocenters. The van der Waals surface area contributed by atoms with Crippen molar-refractivity contribution in [1.29, 1.82) is 0 Å². The molecule has 0 fully saturated rings. The fraction of sp³-hybridized carbons (Fsp3) is 0.350. The van der Waals surface area contributed by atoms with Gasteiger partial charge in [-0.25, -0.2) is 0 Å². The SMILES string of the molecule is CCC=C=CCC(C/C=C/c1ccccc1)(C(=O)OC)C(=O)OC. The second-order valence-corrected chi connectivity index (χ2v) is 5.27. The molecular formula is C20H24O4. The number of ether oxygens (including phenoxy) is 2.